The third-order valence-corrected chi connectivity index (χ3v) is 5.41. The van der Waals surface area contributed by atoms with E-state index < -0.39 is 0 Å². The SMILES string of the molecule is O=C(Nc1ccccc1-c1ccccc1NC(=O)C1CCCN1)C1CCCN1. The Labute approximate surface area is 165 Å². The molecule has 0 saturated carbocycles. The number of para-hydroxylation sites is 2. The molecule has 2 fully saturated rings. The van der Waals surface area contributed by atoms with E-state index in [9.17, 15) is 9.59 Å². The molecule has 0 aliphatic carbocycles. The number of anilines is 2. The predicted molar refractivity (Wildman–Crippen MR) is 111 cm³/mol. The summed E-state index contributed by atoms with van der Waals surface area (Å²) in [5.74, 6) is -0.0248. The second-order valence-electron chi connectivity index (χ2n) is 7.37. The van der Waals surface area contributed by atoms with E-state index in [0.717, 1.165) is 61.3 Å². The molecule has 6 heteroatoms. The summed E-state index contributed by atoms with van der Waals surface area (Å²) in [6.07, 6.45) is 3.75. The first-order valence-electron chi connectivity index (χ1n) is 9.99. The lowest BCUT2D eigenvalue weighted by atomic mass is 10.0. The average molecular weight is 378 g/mol. The Kier molecular flexibility index (Phi) is 5.69. The van der Waals surface area contributed by atoms with Crippen molar-refractivity contribution in [3.63, 3.8) is 0 Å². The Balaban J connectivity index is 1.59. The highest BCUT2D eigenvalue weighted by atomic mass is 16.2. The van der Waals surface area contributed by atoms with Crippen molar-refractivity contribution in [2.24, 2.45) is 0 Å². The van der Waals surface area contributed by atoms with Crippen LogP contribution in [0.15, 0.2) is 48.5 Å². The second kappa shape index (κ2) is 8.54. The number of rotatable bonds is 5. The Hall–Kier alpha value is -2.70. The fourth-order valence-corrected chi connectivity index (χ4v) is 3.91. The summed E-state index contributed by atoms with van der Waals surface area (Å²) < 4.78 is 0. The van der Waals surface area contributed by atoms with Crippen LogP contribution in [0.4, 0.5) is 11.4 Å². The standard InChI is InChI=1S/C22H26N4O2/c27-21(19-11-5-13-23-19)25-17-9-3-1-7-15(17)16-8-2-4-10-18(16)26-22(28)20-12-6-14-24-20/h1-4,7-10,19-20,23-24H,5-6,11-14H2,(H,25,27)(H,26,28). The van der Waals surface area contributed by atoms with E-state index in [1.807, 2.05) is 48.5 Å². The Bertz CT molecular complexity index is 784. The zero-order valence-corrected chi connectivity index (χ0v) is 15.8. The van der Waals surface area contributed by atoms with Gasteiger partial charge in [-0.25, -0.2) is 0 Å². The first kappa shape index (κ1) is 18.7. The van der Waals surface area contributed by atoms with Gasteiger partial charge in [-0.15, -0.1) is 0 Å². The molecule has 2 aliphatic rings. The van der Waals surface area contributed by atoms with Crippen molar-refractivity contribution >= 4 is 23.2 Å². The van der Waals surface area contributed by atoms with Gasteiger partial charge in [-0.3, -0.25) is 9.59 Å². The van der Waals surface area contributed by atoms with Crippen molar-refractivity contribution in [3.8, 4) is 11.1 Å². The topological polar surface area (TPSA) is 82.3 Å². The summed E-state index contributed by atoms with van der Waals surface area (Å²) in [4.78, 5) is 25.2. The molecule has 146 valence electrons. The Morgan fingerprint density at radius 2 is 1.14 bits per heavy atom. The summed E-state index contributed by atoms with van der Waals surface area (Å²) in [6.45, 7) is 1.76. The molecule has 0 bridgehead atoms. The van der Waals surface area contributed by atoms with Crippen molar-refractivity contribution in [2.45, 2.75) is 37.8 Å². The first-order valence-corrected chi connectivity index (χ1v) is 9.99. The number of amides is 2. The van der Waals surface area contributed by atoms with Gasteiger partial charge in [0.05, 0.1) is 12.1 Å². The highest BCUT2D eigenvalue weighted by Crippen LogP contribution is 2.34. The molecule has 4 N–H and O–H groups in total. The number of hydrogen-bond acceptors (Lipinski definition) is 4. The van der Waals surface area contributed by atoms with Crippen LogP contribution in [0.25, 0.3) is 11.1 Å². The maximum Gasteiger partial charge on any atom is 0.241 e. The molecule has 2 atom stereocenters. The number of benzene rings is 2. The van der Waals surface area contributed by atoms with Crippen molar-refractivity contribution in [1.29, 1.82) is 0 Å². The van der Waals surface area contributed by atoms with Crippen LogP contribution in [-0.2, 0) is 9.59 Å². The van der Waals surface area contributed by atoms with Gasteiger partial charge in [0.1, 0.15) is 0 Å². The summed E-state index contributed by atoms with van der Waals surface area (Å²) >= 11 is 0. The van der Waals surface area contributed by atoms with Crippen LogP contribution in [0.3, 0.4) is 0 Å². The quantitative estimate of drug-likeness (QED) is 0.645. The number of carbonyl (C=O) groups excluding carboxylic acids is 2. The van der Waals surface area contributed by atoms with Crippen molar-refractivity contribution in [3.05, 3.63) is 48.5 Å². The minimum Gasteiger partial charge on any atom is -0.324 e. The number of nitrogens with one attached hydrogen (secondary N) is 4. The Morgan fingerprint density at radius 1 is 0.714 bits per heavy atom. The minimum atomic E-state index is -0.142. The van der Waals surface area contributed by atoms with Crippen LogP contribution in [0.2, 0.25) is 0 Å². The highest BCUT2D eigenvalue weighted by Gasteiger charge is 2.24. The molecule has 0 spiro atoms. The van der Waals surface area contributed by atoms with Crippen molar-refractivity contribution in [1.82, 2.24) is 10.6 Å². The van der Waals surface area contributed by atoms with Crippen molar-refractivity contribution < 1.29 is 9.59 Å². The molecule has 0 aromatic heterocycles. The van der Waals surface area contributed by atoms with Gasteiger partial charge in [0.15, 0.2) is 0 Å². The minimum absolute atomic E-state index is 0.0124. The smallest absolute Gasteiger partial charge is 0.241 e. The van der Waals surface area contributed by atoms with Gasteiger partial charge >= 0.3 is 0 Å². The maximum absolute atomic E-state index is 12.6. The van der Waals surface area contributed by atoms with Gasteiger partial charge in [-0.1, -0.05) is 36.4 Å². The molecular formula is C22H26N4O2. The van der Waals surface area contributed by atoms with Gasteiger partial charge in [0.25, 0.3) is 0 Å². The van der Waals surface area contributed by atoms with Crippen LogP contribution in [-0.4, -0.2) is 37.0 Å². The predicted octanol–water partition coefficient (Wildman–Crippen LogP) is 2.73. The normalized spacial score (nSPS) is 21.4. The lowest BCUT2D eigenvalue weighted by Gasteiger charge is -2.18. The molecule has 2 amide bonds. The monoisotopic (exact) mass is 378 g/mol. The molecule has 2 aromatic carbocycles. The lowest BCUT2D eigenvalue weighted by Crippen LogP contribution is -2.36. The zero-order valence-electron chi connectivity index (χ0n) is 15.8. The molecule has 28 heavy (non-hydrogen) atoms. The second-order valence-corrected chi connectivity index (χ2v) is 7.37. The molecule has 2 heterocycles. The van der Waals surface area contributed by atoms with E-state index in [-0.39, 0.29) is 23.9 Å². The summed E-state index contributed by atoms with van der Waals surface area (Å²) in [5, 5.41) is 12.6. The molecule has 0 radical (unpaired) electrons. The van der Waals surface area contributed by atoms with E-state index in [1.165, 1.54) is 0 Å². The average Bonchev–Trinajstić information content (AvgIpc) is 3.43. The van der Waals surface area contributed by atoms with E-state index in [1.54, 1.807) is 0 Å². The summed E-state index contributed by atoms with van der Waals surface area (Å²) in [7, 11) is 0. The molecule has 2 unspecified atom stereocenters. The molecule has 2 saturated heterocycles. The van der Waals surface area contributed by atoms with Crippen molar-refractivity contribution in [2.75, 3.05) is 23.7 Å². The number of hydrogen-bond donors (Lipinski definition) is 4. The number of carbonyl (C=O) groups is 2. The van der Waals surface area contributed by atoms with Crippen LogP contribution in [0.5, 0.6) is 0 Å². The molecular weight excluding hydrogens is 352 g/mol. The van der Waals surface area contributed by atoms with E-state index in [4.69, 9.17) is 0 Å². The molecule has 6 nitrogen and oxygen atoms in total. The van der Waals surface area contributed by atoms with Crippen LogP contribution < -0.4 is 21.3 Å². The van der Waals surface area contributed by atoms with Gasteiger partial charge in [0, 0.05) is 22.5 Å². The van der Waals surface area contributed by atoms with Crippen LogP contribution in [0, 0.1) is 0 Å². The first-order chi connectivity index (χ1) is 13.7. The fraction of sp³-hybridized carbons (Fsp3) is 0.364. The van der Waals surface area contributed by atoms with Gasteiger partial charge < -0.3 is 21.3 Å². The zero-order chi connectivity index (χ0) is 19.3. The van der Waals surface area contributed by atoms with Gasteiger partial charge in [-0.05, 0) is 50.9 Å². The van der Waals surface area contributed by atoms with E-state index in [2.05, 4.69) is 21.3 Å². The summed E-state index contributed by atoms with van der Waals surface area (Å²) in [6, 6.07) is 15.2. The third-order valence-electron chi connectivity index (χ3n) is 5.41. The Morgan fingerprint density at radius 3 is 1.54 bits per heavy atom. The van der Waals surface area contributed by atoms with Gasteiger partial charge in [-0.2, -0.15) is 0 Å². The largest absolute Gasteiger partial charge is 0.324 e. The fourth-order valence-electron chi connectivity index (χ4n) is 3.91. The maximum atomic E-state index is 12.6. The third kappa shape index (κ3) is 4.08. The lowest BCUT2D eigenvalue weighted by molar-refractivity contribution is -0.118. The van der Waals surface area contributed by atoms with Crippen LogP contribution >= 0.6 is 0 Å². The molecule has 2 aliphatic heterocycles. The molecule has 2 aromatic rings. The summed E-state index contributed by atoms with van der Waals surface area (Å²) in [5.41, 5.74) is 3.29. The van der Waals surface area contributed by atoms with Gasteiger partial charge in [0.2, 0.25) is 11.8 Å². The van der Waals surface area contributed by atoms with E-state index in [0.29, 0.717) is 0 Å². The highest BCUT2D eigenvalue weighted by molar-refractivity contribution is 6.03. The van der Waals surface area contributed by atoms with E-state index >= 15 is 0 Å². The molecule has 4 rings (SSSR count). The van der Waals surface area contributed by atoms with Crippen LogP contribution in [0.1, 0.15) is 25.7 Å².